The van der Waals surface area contributed by atoms with E-state index in [1.165, 1.54) is 24.3 Å². The number of aliphatic hydroxyl groups is 2. The van der Waals surface area contributed by atoms with E-state index in [0.717, 1.165) is 5.23 Å². The molecule has 1 aromatic rings. The van der Waals surface area contributed by atoms with Crippen molar-refractivity contribution in [1.29, 1.82) is 0 Å². The van der Waals surface area contributed by atoms with E-state index >= 15 is 0 Å². The summed E-state index contributed by atoms with van der Waals surface area (Å²) in [6.07, 6.45) is 0. The Morgan fingerprint density at radius 2 is 1.61 bits per heavy atom. The Labute approximate surface area is 103 Å². The van der Waals surface area contributed by atoms with Gasteiger partial charge in [-0.3, -0.25) is 10.1 Å². The number of hydrogen-bond acceptors (Lipinski definition) is 7. The van der Waals surface area contributed by atoms with Crippen LogP contribution >= 0.6 is 0 Å². The fourth-order valence-corrected chi connectivity index (χ4v) is 1.13. The van der Waals surface area contributed by atoms with Gasteiger partial charge in [-0.2, -0.15) is 0 Å². The van der Waals surface area contributed by atoms with E-state index in [-0.39, 0.29) is 32.1 Å². The van der Waals surface area contributed by atoms with Crippen LogP contribution in [0, 0.1) is 10.1 Å². The molecule has 8 nitrogen and oxygen atoms in total. The number of non-ortho nitro benzene ring substituents is 1. The standard InChI is InChI=1S/C10H14N2O6/c13-5-7-17-12(18-8-6-14)10-3-1-9(2-4-10)11(15)16/h1-4,13-14H,5-8H2. The molecule has 0 amide bonds. The lowest BCUT2D eigenvalue weighted by molar-refractivity contribution is -0.384. The van der Waals surface area contributed by atoms with Gasteiger partial charge in [-0.1, -0.05) is 0 Å². The molecular weight excluding hydrogens is 244 g/mol. The molecule has 2 N–H and O–H groups in total. The molecule has 0 spiro atoms. The molecule has 0 fully saturated rings. The molecule has 0 unspecified atom stereocenters. The second-order valence-electron chi connectivity index (χ2n) is 3.14. The summed E-state index contributed by atoms with van der Waals surface area (Å²) in [7, 11) is 0. The van der Waals surface area contributed by atoms with Crippen LogP contribution in [0.4, 0.5) is 11.4 Å². The zero-order chi connectivity index (χ0) is 13.4. The highest BCUT2D eigenvalue weighted by molar-refractivity contribution is 5.47. The van der Waals surface area contributed by atoms with Gasteiger partial charge in [0.15, 0.2) is 0 Å². The lowest BCUT2D eigenvalue weighted by Crippen LogP contribution is -2.27. The van der Waals surface area contributed by atoms with Crippen molar-refractivity contribution < 1.29 is 24.8 Å². The molecule has 1 aromatic carbocycles. The molecule has 0 aliphatic rings. The summed E-state index contributed by atoms with van der Waals surface area (Å²) in [5, 5.41) is 28.8. The van der Waals surface area contributed by atoms with Gasteiger partial charge in [-0.25, -0.2) is 9.68 Å². The van der Waals surface area contributed by atoms with Crippen molar-refractivity contribution in [3.05, 3.63) is 34.4 Å². The molecule has 0 radical (unpaired) electrons. The van der Waals surface area contributed by atoms with Crippen molar-refractivity contribution in [2.75, 3.05) is 31.7 Å². The molecule has 0 atom stereocenters. The number of nitro benzene ring substituents is 1. The molecule has 0 saturated heterocycles. The van der Waals surface area contributed by atoms with Gasteiger partial charge in [0.05, 0.1) is 23.8 Å². The fourth-order valence-electron chi connectivity index (χ4n) is 1.13. The Kier molecular flexibility index (Phi) is 6.01. The van der Waals surface area contributed by atoms with Gasteiger partial charge in [0.2, 0.25) is 0 Å². The molecule has 0 saturated carbocycles. The first kappa shape index (κ1) is 14.3. The molecule has 0 bridgehead atoms. The minimum Gasteiger partial charge on any atom is -0.394 e. The first-order chi connectivity index (χ1) is 8.69. The summed E-state index contributed by atoms with van der Waals surface area (Å²) in [6, 6.07) is 5.47. The number of nitrogens with zero attached hydrogens (tertiary/aromatic N) is 2. The summed E-state index contributed by atoms with van der Waals surface area (Å²) in [4.78, 5) is 20.1. The smallest absolute Gasteiger partial charge is 0.269 e. The van der Waals surface area contributed by atoms with Crippen molar-refractivity contribution in [3.8, 4) is 0 Å². The van der Waals surface area contributed by atoms with Crippen molar-refractivity contribution in [2.45, 2.75) is 0 Å². The van der Waals surface area contributed by atoms with Crippen LogP contribution < -0.4 is 5.23 Å². The predicted octanol–water partition coefficient (Wildman–Crippen LogP) is 0.249. The van der Waals surface area contributed by atoms with E-state index in [4.69, 9.17) is 19.9 Å². The van der Waals surface area contributed by atoms with Gasteiger partial charge >= 0.3 is 0 Å². The molecule has 100 valence electrons. The highest BCUT2D eigenvalue weighted by atomic mass is 16.9. The molecule has 0 aliphatic carbocycles. The third-order valence-corrected chi connectivity index (χ3v) is 1.87. The highest BCUT2D eigenvalue weighted by Crippen LogP contribution is 2.19. The lowest BCUT2D eigenvalue weighted by atomic mass is 10.3. The largest absolute Gasteiger partial charge is 0.394 e. The number of nitro groups is 1. The van der Waals surface area contributed by atoms with Crippen molar-refractivity contribution >= 4 is 11.4 Å². The molecule has 0 aromatic heterocycles. The molecule has 18 heavy (non-hydrogen) atoms. The zero-order valence-electron chi connectivity index (χ0n) is 9.56. The fraction of sp³-hybridized carbons (Fsp3) is 0.400. The van der Waals surface area contributed by atoms with Crippen molar-refractivity contribution in [2.24, 2.45) is 0 Å². The Morgan fingerprint density at radius 1 is 1.11 bits per heavy atom. The maximum atomic E-state index is 10.5. The van der Waals surface area contributed by atoms with Crippen LogP contribution in [0.5, 0.6) is 0 Å². The maximum absolute atomic E-state index is 10.5. The zero-order valence-corrected chi connectivity index (χ0v) is 9.56. The quantitative estimate of drug-likeness (QED) is 0.508. The number of aliphatic hydroxyl groups excluding tert-OH is 2. The van der Waals surface area contributed by atoms with Gasteiger partial charge in [0.1, 0.15) is 13.2 Å². The third-order valence-electron chi connectivity index (χ3n) is 1.87. The van der Waals surface area contributed by atoms with E-state index in [1.807, 2.05) is 0 Å². The average molecular weight is 258 g/mol. The first-order valence-corrected chi connectivity index (χ1v) is 5.21. The second-order valence-corrected chi connectivity index (χ2v) is 3.14. The van der Waals surface area contributed by atoms with Crippen LogP contribution in [0.2, 0.25) is 0 Å². The Balaban J connectivity index is 2.73. The minimum atomic E-state index is -0.517. The van der Waals surface area contributed by atoms with Crippen LogP contribution in [-0.4, -0.2) is 41.6 Å². The van der Waals surface area contributed by atoms with E-state index < -0.39 is 4.92 Å². The highest BCUT2D eigenvalue weighted by Gasteiger charge is 2.11. The summed E-state index contributed by atoms with van der Waals surface area (Å²) in [5.74, 6) is 0. The number of rotatable bonds is 8. The molecule has 8 heteroatoms. The van der Waals surface area contributed by atoms with Gasteiger partial charge in [-0.15, -0.1) is 5.23 Å². The number of benzene rings is 1. The van der Waals surface area contributed by atoms with E-state index in [2.05, 4.69) is 0 Å². The molecule has 1 rings (SSSR count). The average Bonchev–Trinajstić information content (AvgIpc) is 2.39. The second kappa shape index (κ2) is 7.56. The topological polar surface area (TPSA) is 105 Å². The summed E-state index contributed by atoms with van der Waals surface area (Å²) >= 11 is 0. The van der Waals surface area contributed by atoms with Gasteiger partial charge in [-0.05, 0) is 12.1 Å². The summed E-state index contributed by atoms with van der Waals surface area (Å²) in [6.45, 7) is -0.400. The third kappa shape index (κ3) is 4.26. The van der Waals surface area contributed by atoms with Crippen molar-refractivity contribution in [1.82, 2.24) is 0 Å². The molecular formula is C10H14N2O6. The van der Waals surface area contributed by atoms with E-state index in [0.29, 0.717) is 5.69 Å². The van der Waals surface area contributed by atoms with Crippen LogP contribution in [0.3, 0.4) is 0 Å². The minimum absolute atomic E-state index is 0.00240. The normalized spacial score (nSPS) is 10.3. The monoisotopic (exact) mass is 258 g/mol. The van der Waals surface area contributed by atoms with Gasteiger partial charge in [0.25, 0.3) is 5.69 Å². The van der Waals surface area contributed by atoms with Crippen LogP contribution in [0.15, 0.2) is 24.3 Å². The molecule has 0 aliphatic heterocycles. The van der Waals surface area contributed by atoms with E-state index in [9.17, 15) is 10.1 Å². The van der Waals surface area contributed by atoms with Crippen LogP contribution in [0.1, 0.15) is 0 Å². The van der Waals surface area contributed by atoms with Crippen LogP contribution in [0.25, 0.3) is 0 Å². The van der Waals surface area contributed by atoms with E-state index in [1.54, 1.807) is 0 Å². The van der Waals surface area contributed by atoms with Crippen LogP contribution in [-0.2, 0) is 9.68 Å². The predicted molar refractivity (Wildman–Crippen MR) is 61.7 cm³/mol. The molecule has 0 heterocycles. The number of hydrogen-bond donors (Lipinski definition) is 2. The Morgan fingerprint density at radius 3 is 2.00 bits per heavy atom. The summed E-state index contributed by atoms with van der Waals surface area (Å²) in [5.41, 5.74) is 0.366. The SMILES string of the molecule is O=[N+]([O-])c1ccc(N(OCCO)OCCO)cc1. The maximum Gasteiger partial charge on any atom is 0.269 e. The Hall–Kier alpha value is -1.74. The number of anilines is 1. The Bertz CT molecular complexity index is 361. The summed E-state index contributed by atoms with van der Waals surface area (Å²) < 4.78 is 0. The first-order valence-electron chi connectivity index (χ1n) is 5.21. The van der Waals surface area contributed by atoms with Crippen molar-refractivity contribution in [3.63, 3.8) is 0 Å². The van der Waals surface area contributed by atoms with Gasteiger partial charge < -0.3 is 10.2 Å². The van der Waals surface area contributed by atoms with Gasteiger partial charge in [0, 0.05) is 12.1 Å². The lowest BCUT2D eigenvalue weighted by Gasteiger charge is -2.21.